The van der Waals surface area contributed by atoms with Gasteiger partial charge in [-0.1, -0.05) is 19.3 Å². The van der Waals surface area contributed by atoms with Gasteiger partial charge >= 0.3 is 11.8 Å². The normalized spacial score (nSPS) is 18.7. The van der Waals surface area contributed by atoms with Crippen LogP contribution in [0.4, 0.5) is 11.4 Å². The summed E-state index contributed by atoms with van der Waals surface area (Å²) in [6, 6.07) is 8.02. The van der Waals surface area contributed by atoms with Crippen molar-refractivity contribution in [2.75, 3.05) is 30.4 Å². The van der Waals surface area contributed by atoms with Crippen LogP contribution in [0.2, 0.25) is 0 Å². The van der Waals surface area contributed by atoms with Crippen LogP contribution in [-0.4, -0.2) is 42.9 Å². The Morgan fingerprint density at radius 2 is 1.56 bits per heavy atom. The van der Waals surface area contributed by atoms with Gasteiger partial charge in [0.25, 0.3) is 0 Å². The lowest BCUT2D eigenvalue weighted by atomic mass is 9.94. The van der Waals surface area contributed by atoms with E-state index in [9.17, 15) is 9.59 Å². The van der Waals surface area contributed by atoms with Gasteiger partial charge in [-0.05, 0) is 56.4 Å². The molecule has 0 spiro atoms. The van der Waals surface area contributed by atoms with Gasteiger partial charge in [-0.25, -0.2) is 0 Å². The summed E-state index contributed by atoms with van der Waals surface area (Å²) < 4.78 is 0. The standard InChI is InChI=1S/C20H29N3O2/c1-22(17-8-4-2-5-9-17)20(25)19(24)21-16-10-12-18(13-11-16)23-14-6-3-7-15-23/h10-13,17H,2-9,14-15H2,1H3,(H,21,24). The average molecular weight is 343 g/mol. The third-order valence-corrected chi connectivity index (χ3v) is 5.48. The molecule has 1 saturated heterocycles. The predicted octanol–water partition coefficient (Wildman–Crippen LogP) is 3.41. The molecule has 0 atom stereocenters. The van der Waals surface area contributed by atoms with Crippen LogP contribution in [0.25, 0.3) is 0 Å². The molecule has 5 heteroatoms. The Hall–Kier alpha value is -2.04. The van der Waals surface area contributed by atoms with Crippen LogP contribution >= 0.6 is 0 Å². The fourth-order valence-corrected chi connectivity index (χ4v) is 3.89. The van der Waals surface area contributed by atoms with E-state index >= 15 is 0 Å². The second kappa shape index (κ2) is 8.37. The number of rotatable bonds is 3. The highest BCUT2D eigenvalue weighted by atomic mass is 16.2. The van der Waals surface area contributed by atoms with Gasteiger partial charge in [0.1, 0.15) is 0 Å². The minimum Gasteiger partial charge on any atom is -0.372 e. The van der Waals surface area contributed by atoms with Crippen LogP contribution in [0.15, 0.2) is 24.3 Å². The number of carbonyl (C=O) groups is 2. The highest BCUT2D eigenvalue weighted by Gasteiger charge is 2.26. The maximum Gasteiger partial charge on any atom is 0.313 e. The van der Waals surface area contributed by atoms with Crippen molar-refractivity contribution in [2.45, 2.75) is 57.4 Å². The van der Waals surface area contributed by atoms with Crippen molar-refractivity contribution < 1.29 is 9.59 Å². The molecule has 136 valence electrons. The quantitative estimate of drug-likeness (QED) is 0.856. The molecule has 0 unspecified atom stereocenters. The van der Waals surface area contributed by atoms with Gasteiger partial charge in [-0.3, -0.25) is 9.59 Å². The number of hydrogen-bond acceptors (Lipinski definition) is 3. The van der Waals surface area contributed by atoms with E-state index in [-0.39, 0.29) is 6.04 Å². The number of anilines is 2. The van der Waals surface area contributed by atoms with Gasteiger partial charge in [-0.15, -0.1) is 0 Å². The van der Waals surface area contributed by atoms with E-state index in [0.717, 1.165) is 38.8 Å². The van der Waals surface area contributed by atoms with Crippen molar-refractivity contribution in [3.63, 3.8) is 0 Å². The maximum absolute atomic E-state index is 12.4. The van der Waals surface area contributed by atoms with Crippen LogP contribution in [0.1, 0.15) is 51.4 Å². The zero-order valence-electron chi connectivity index (χ0n) is 15.2. The first kappa shape index (κ1) is 17.8. The molecular weight excluding hydrogens is 314 g/mol. The minimum atomic E-state index is -0.543. The largest absolute Gasteiger partial charge is 0.372 e. The molecule has 3 rings (SSSR count). The van der Waals surface area contributed by atoms with Crippen molar-refractivity contribution in [3.8, 4) is 0 Å². The molecule has 25 heavy (non-hydrogen) atoms. The number of nitrogens with one attached hydrogen (secondary N) is 1. The molecule has 1 aliphatic carbocycles. The van der Waals surface area contributed by atoms with E-state index < -0.39 is 11.8 Å². The smallest absolute Gasteiger partial charge is 0.313 e. The number of amides is 2. The Morgan fingerprint density at radius 1 is 0.960 bits per heavy atom. The van der Waals surface area contributed by atoms with Crippen molar-refractivity contribution in [1.29, 1.82) is 0 Å². The van der Waals surface area contributed by atoms with Crippen LogP contribution in [0, 0.1) is 0 Å². The van der Waals surface area contributed by atoms with E-state index in [2.05, 4.69) is 10.2 Å². The van der Waals surface area contributed by atoms with Crippen molar-refractivity contribution >= 4 is 23.2 Å². The lowest BCUT2D eigenvalue weighted by Crippen LogP contribution is -2.44. The summed E-state index contributed by atoms with van der Waals surface area (Å²) in [5.41, 5.74) is 1.86. The summed E-state index contributed by atoms with van der Waals surface area (Å²) >= 11 is 0. The van der Waals surface area contributed by atoms with E-state index in [4.69, 9.17) is 0 Å². The monoisotopic (exact) mass is 343 g/mol. The average Bonchev–Trinajstić information content (AvgIpc) is 2.68. The first-order chi connectivity index (χ1) is 12.1. The van der Waals surface area contributed by atoms with Gasteiger partial charge in [0.15, 0.2) is 0 Å². The second-order valence-electron chi connectivity index (χ2n) is 7.26. The van der Waals surface area contributed by atoms with E-state index in [0.29, 0.717) is 5.69 Å². The molecular formula is C20H29N3O2. The third-order valence-electron chi connectivity index (χ3n) is 5.48. The molecule has 5 nitrogen and oxygen atoms in total. The van der Waals surface area contributed by atoms with Crippen LogP contribution in [0.3, 0.4) is 0 Å². The Labute approximate surface area is 150 Å². The van der Waals surface area contributed by atoms with Crippen molar-refractivity contribution in [2.24, 2.45) is 0 Å². The SMILES string of the molecule is CN(C(=O)C(=O)Nc1ccc(N2CCCCC2)cc1)C1CCCCC1. The van der Waals surface area contributed by atoms with Crippen LogP contribution in [-0.2, 0) is 9.59 Å². The second-order valence-corrected chi connectivity index (χ2v) is 7.26. The third kappa shape index (κ3) is 4.53. The summed E-state index contributed by atoms with van der Waals surface area (Å²) in [6.07, 6.45) is 9.29. The molecule has 2 aliphatic rings. The minimum absolute atomic E-state index is 0.202. The molecule has 0 aromatic heterocycles. The molecule has 1 saturated carbocycles. The Morgan fingerprint density at radius 3 is 2.20 bits per heavy atom. The number of piperidine rings is 1. The van der Waals surface area contributed by atoms with Gasteiger partial charge in [0.05, 0.1) is 0 Å². The maximum atomic E-state index is 12.4. The summed E-state index contributed by atoms with van der Waals surface area (Å²) in [6.45, 7) is 2.19. The zero-order chi connectivity index (χ0) is 17.6. The number of nitrogens with zero attached hydrogens (tertiary/aromatic N) is 2. The first-order valence-electron chi connectivity index (χ1n) is 9.58. The number of benzene rings is 1. The molecule has 1 aromatic rings. The number of likely N-dealkylation sites (N-methyl/N-ethyl adjacent to an activating group) is 1. The lowest BCUT2D eigenvalue weighted by molar-refractivity contribution is -0.144. The summed E-state index contributed by atoms with van der Waals surface area (Å²) in [7, 11) is 1.75. The summed E-state index contributed by atoms with van der Waals surface area (Å²) in [5.74, 6) is -0.981. The predicted molar refractivity (Wildman–Crippen MR) is 101 cm³/mol. The highest BCUT2D eigenvalue weighted by molar-refractivity contribution is 6.39. The zero-order valence-corrected chi connectivity index (χ0v) is 15.2. The molecule has 0 bridgehead atoms. The Kier molecular flexibility index (Phi) is 5.95. The molecule has 0 radical (unpaired) electrons. The lowest BCUT2D eigenvalue weighted by Gasteiger charge is -2.30. The van der Waals surface area contributed by atoms with Crippen LogP contribution < -0.4 is 10.2 Å². The highest BCUT2D eigenvalue weighted by Crippen LogP contribution is 2.23. The first-order valence-corrected chi connectivity index (χ1v) is 9.58. The Balaban J connectivity index is 1.55. The molecule has 1 aliphatic heterocycles. The van der Waals surface area contributed by atoms with Gasteiger partial charge in [0.2, 0.25) is 0 Å². The fourth-order valence-electron chi connectivity index (χ4n) is 3.89. The summed E-state index contributed by atoms with van der Waals surface area (Å²) in [4.78, 5) is 28.6. The molecule has 1 aromatic carbocycles. The van der Waals surface area contributed by atoms with Crippen molar-refractivity contribution in [3.05, 3.63) is 24.3 Å². The van der Waals surface area contributed by atoms with Crippen molar-refractivity contribution in [1.82, 2.24) is 4.90 Å². The van der Waals surface area contributed by atoms with E-state index in [1.54, 1.807) is 11.9 Å². The molecule has 1 heterocycles. The van der Waals surface area contributed by atoms with Gasteiger partial charge in [0, 0.05) is 37.6 Å². The van der Waals surface area contributed by atoms with Gasteiger partial charge < -0.3 is 15.1 Å². The topological polar surface area (TPSA) is 52.7 Å². The number of carbonyl (C=O) groups excluding carboxylic acids is 2. The van der Waals surface area contributed by atoms with Gasteiger partial charge in [-0.2, -0.15) is 0 Å². The van der Waals surface area contributed by atoms with E-state index in [1.807, 2.05) is 24.3 Å². The Bertz CT molecular complexity index is 587. The fraction of sp³-hybridized carbons (Fsp3) is 0.600. The molecule has 2 amide bonds. The summed E-state index contributed by atoms with van der Waals surface area (Å²) in [5, 5.41) is 2.74. The van der Waals surface area contributed by atoms with E-state index in [1.165, 1.54) is 31.4 Å². The molecule has 1 N–H and O–H groups in total. The molecule has 2 fully saturated rings. The number of hydrogen-bond donors (Lipinski definition) is 1. The van der Waals surface area contributed by atoms with Crippen LogP contribution in [0.5, 0.6) is 0 Å².